The average molecular weight is 432 g/mol. The standard InChI is InChI=1S/C24H41N5O2/c1-25-24(26-18-21-8-7-15-28(21)16-17-30-2)27-19-23(29-13-5-4-6-14-29)20-9-11-22(31-3)12-10-20/h9-12,21,23H,4-8,13-19H2,1-3H3,(H2,25,26,27). The summed E-state index contributed by atoms with van der Waals surface area (Å²) in [6.45, 7) is 7.02. The number of nitrogens with zero attached hydrogens (tertiary/aromatic N) is 3. The Morgan fingerprint density at radius 2 is 1.84 bits per heavy atom. The number of nitrogens with one attached hydrogen (secondary N) is 2. The first-order valence-corrected chi connectivity index (χ1v) is 11.8. The van der Waals surface area contributed by atoms with Crippen LogP contribution in [0.25, 0.3) is 0 Å². The molecule has 0 bridgehead atoms. The zero-order valence-corrected chi connectivity index (χ0v) is 19.6. The molecule has 2 saturated heterocycles. The zero-order chi connectivity index (χ0) is 21.9. The van der Waals surface area contributed by atoms with Gasteiger partial charge in [0.25, 0.3) is 0 Å². The third-order valence-corrected chi connectivity index (χ3v) is 6.61. The molecular weight excluding hydrogens is 390 g/mol. The second kappa shape index (κ2) is 12.9. The van der Waals surface area contributed by atoms with Crippen molar-refractivity contribution >= 4 is 5.96 Å². The summed E-state index contributed by atoms with van der Waals surface area (Å²) in [7, 11) is 5.35. The van der Waals surface area contributed by atoms with E-state index in [1.165, 1.54) is 37.7 Å². The lowest BCUT2D eigenvalue weighted by atomic mass is 10.0. The van der Waals surface area contributed by atoms with Gasteiger partial charge in [-0.25, -0.2) is 0 Å². The van der Waals surface area contributed by atoms with E-state index in [1.807, 2.05) is 7.05 Å². The van der Waals surface area contributed by atoms with Crippen LogP contribution in [-0.4, -0.2) is 88.9 Å². The van der Waals surface area contributed by atoms with Crippen LogP contribution in [0.4, 0.5) is 0 Å². The van der Waals surface area contributed by atoms with Gasteiger partial charge in [0.2, 0.25) is 0 Å². The van der Waals surface area contributed by atoms with E-state index in [0.29, 0.717) is 12.1 Å². The van der Waals surface area contributed by atoms with Crippen LogP contribution in [0, 0.1) is 0 Å². The van der Waals surface area contributed by atoms with Crippen molar-refractivity contribution in [2.24, 2.45) is 4.99 Å². The highest BCUT2D eigenvalue weighted by atomic mass is 16.5. The fourth-order valence-electron chi connectivity index (χ4n) is 4.77. The highest BCUT2D eigenvalue weighted by Crippen LogP contribution is 2.26. The Labute approximate surface area is 188 Å². The average Bonchev–Trinajstić information content (AvgIpc) is 3.28. The van der Waals surface area contributed by atoms with Crippen molar-refractivity contribution in [2.75, 3.05) is 67.1 Å². The molecule has 1 aromatic rings. The number of methoxy groups -OCH3 is 2. The maximum absolute atomic E-state index is 5.35. The molecule has 2 aliphatic heterocycles. The first kappa shape index (κ1) is 23.8. The molecule has 0 spiro atoms. The second-order valence-electron chi connectivity index (χ2n) is 8.54. The normalized spacial score (nSPS) is 21.8. The van der Waals surface area contributed by atoms with Crippen molar-refractivity contribution in [3.63, 3.8) is 0 Å². The summed E-state index contributed by atoms with van der Waals surface area (Å²) in [5.41, 5.74) is 1.33. The van der Waals surface area contributed by atoms with Crippen LogP contribution in [-0.2, 0) is 4.74 Å². The summed E-state index contributed by atoms with van der Waals surface area (Å²) in [6, 6.07) is 9.40. The lowest BCUT2D eigenvalue weighted by Gasteiger charge is -2.35. The maximum atomic E-state index is 5.35. The van der Waals surface area contributed by atoms with Gasteiger partial charge in [-0.1, -0.05) is 18.6 Å². The number of ether oxygens (including phenoxy) is 2. The van der Waals surface area contributed by atoms with Gasteiger partial charge >= 0.3 is 0 Å². The van der Waals surface area contributed by atoms with Gasteiger partial charge in [-0.3, -0.25) is 14.8 Å². The first-order valence-electron chi connectivity index (χ1n) is 11.8. The van der Waals surface area contributed by atoms with Crippen LogP contribution in [0.15, 0.2) is 29.3 Å². The molecule has 2 fully saturated rings. The quantitative estimate of drug-likeness (QED) is 0.438. The molecule has 174 valence electrons. The second-order valence-corrected chi connectivity index (χ2v) is 8.54. The van der Waals surface area contributed by atoms with E-state index < -0.39 is 0 Å². The number of aliphatic imine (C=N–C) groups is 1. The van der Waals surface area contributed by atoms with Crippen LogP contribution in [0.3, 0.4) is 0 Å². The molecule has 0 saturated carbocycles. The molecule has 0 amide bonds. The highest BCUT2D eigenvalue weighted by Gasteiger charge is 2.25. The Morgan fingerprint density at radius 3 is 2.52 bits per heavy atom. The molecule has 2 unspecified atom stereocenters. The third kappa shape index (κ3) is 7.09. The molecule has 7 nitrogen and oxygen atoms in total. The molecular formula is C24H41N5O2. The molecule has 2 N–H and O–H groups in total. The Hall–Kier alpha value is -1.83. The van der Waals surface area contributed by atoms with Gasteiger partial charge in [0.15, 0.2) is 5.96 Å². The van der Waals surface area contributed by atoms with E-state index in [-0.39, 0.29) is 0 Å². The van der Waals surface area contributed by atoms with Gasteiger partial charge in [0.05, 0.1) is 19.8 Å². The highest BCUT2D eigenvalue weighted by molar-refractivity contribution is 5.79. The fraction of sp³-hybridized carbons (Fsp3) is 0.708. The molecule has 0 radical (unpaired) electrons. The van der Waals surface area contributed by atoms with Gasteiger partial charge < -0.3 is 20.1 Å². The third-order valence-electron chi connectivity index (χ3n) is 6.61. The number of hydrogen-bond donors (Lipinski definition) is 2. The first-order chi connectivity index (χ1) is 15.2. The van der Waals surface area contributed by atoms with Gasteiger partial charge in [-0.05, 0) is 63.0 Å². The Bertz CT molecular complexity index is 660. The molecule has 0 aliphatic carbocycles. The fourth-order valence-corrected chi connectivity index (χ4v) is 4.77. The molecule has 3 rings (SSSR count). The molecule has 0 aromatic heterocycles. The van der Waals surface area contributed by atoms with Crippen molar-refractivity contribution < 1.29 is 9.47 Å². The summed E-state index contributed by atoms with van der Waals surface area (Å²) in [6.07, 6.45) is 6.38. The Balaban J connectivity index is 1.56. The van der Waals surface area contributed by atoms with Gasteiger partial charge in [0.1, 0.15) is 5.75 Å². The number of rotatable bonds is 10. The Morgan fingerprint density at radius 1 is 1.06 bits per heavy atom. The monoisotopic (exact) mass is 431 g/mol. The number of benzene rings is 1. The van der Waals surface area contributed by atoms with Crippen LogP contribution in [0.2, 0.25) is 0 Å². The van der Waals surface area contributed by atoms with Crippen molar-refractivity contribution in [3.05, 3.63) is 29.8 Å². The van der Waals surface area contributed by atoms with E-state index >= 15 is 0 Å². The van der Waals surface area contributed by atoms with E-state index in [2.05, 4.69) is 49.7 Å². The van der Waals surface area contributed by atoms with Gasteiger partial charge in [-0.15, -0.1) is 0 Å². The summed E-state index contributed by atoms with van der Waals surface area (Å²) >= 11 is 0. The number of guanidine groups is 1. The smallest absolute Gasteiger partial charge is 0.191 e. The largest absolute Gasteiger partial charge is 0.497 e. The Kier molecular flexibility index (Phi) is 9.90. The molecule has 2 aliphatic rings. The van der Waals surface area contributed by atoms with Crippen LogP contribution in [0.1, 0.15) is 43.7 Å². The summed E-state index contributed by atoms with van der Waals surface area (Å²) < 4.78 is 10.6. The SMILES string of the molecule is CN=C(NCC1CCCN1CCOC)NCC(c1ccc(OC)cc1)N1CCCCC1. The minimum atomic E-state index is 0.328. The summed E-state index contributed by atoms with van der Waals surface area (Å²) in [5, 5.41) is 7.16. The lowest BCUT2D eigenvalue weighted by Crippen LogP contribution is -2.48. The van der Waals surface area contributed by atoms with Gasteiger partial charge in [-0.2, -0.15) is 0 Å². The molecule has 2 atom stereocenters. The minimum absolute atomic E-state index is 0.328. The number of likely N-dealkylation sites (tertiary alicyclic amines) is 2. The number of piperidine rings is 1. The maximum Gasteiger partial charge on any atom is 0.191 e. The number of hydrogen-bond acceptors (Lipinski definition) is 5. The zero-order valence-electron chi connectivity index (χ0n) is 19.6. The van der Waals surface area contributed by atoms with E-state index in [4.69, 9.17) is 9.47 Å². The van der Waals surface area contributed by atoms with Crippen molar-refractivity contribution in [1.29, 1.82) is 0 Å². The molecule has 31 heavy (non-hydrogen) atoms. The topological polar surface area (TPSA) is 61.4 Å². The van der Waals surface area contributed by atoms with E-state index in [9.17, 15) is 0 Å². The van der Waals surface area contributed by atoms with Crippen LogP contribution in [0.5, 0.6) is 5.75 Å². The predicted octanol–water partition coefficient (Wildman–Crippen LogP) is 2.50. The molecule has 2 heterocycles. The van der Waals surface area contributed by atoms with Crippen molar-refractivity contribution in [3.8, 4) is 5.75 Å². The summed E-state index contributed by atoms with van der Waals surface area (Å²) in [4.78, 5) is 9.62. The predicted molar refractivity (Wildman–Crippen MR) is 127 cm³/mol. The van der Waals surface area contributed by atoms with Crippen LogP contribution >= 0.6 is 0 Å². The van der Waals surface area contributed by atoms with Crippen LogP contribution < -0.4 is 15.4 Å². The van der Waals surface area contributed by atoms with Crippen molar-refractivity contribution in [2.45, 2.75) is 44.2 Å². The lowest BCUT2D eigenvalue weighted by molar-refractivity contribution is 0.141. The van der Waals surface area contributed by atoms with E-state index in [1.54, 1.807) is 14.2 Å². The van der Waals surface area contributed by atoms with Gasteiger partial charge in [0, 0.05) is 39.8 Å². The van der Waals surface area contributed by atoms with E-state index in [0.717, 1.165) is 57.6 Å². The molecule has 1 aromatic carbocycles. The van der Waals surface area contributed by atoms with Crippen molar-refractivity contribution in [1.82, 2.24) is 20.4 Å². The molecule has 7 heteroatoms. The summed E-state index contributed by atoms with van der Waals surface area (Å²) in [5.74, 6) is 1.79. The minimum Gasteiger partial charge on any atom is -0.497 e.